The van der Waals surface area contributed by atoms with Crippen molar-refractivity contribution >= 4 is 5.91 Å². The number of aromatic nitrogens is 2. The van der Waals surface area contributed by atoms with Crippen LogP contribution in [0, 0.1) is 20.8 Å². The van der Waals surface area contributed by atoms with Crippen molar-refractivity contribution in [1.82, 2.24) is 15.1 Å². The molecule has 1 N–H and O–H groups in total. The molecule has 3 rings (SSSR count). The van der Waals surface area contributed by atoms with E-state index in [1.54, 1.807) is 30.1 Å². The number of aryl methyl sites for hydroxylation is 3. The van der Waals surface area contributed by atoms with Gasteiger partial charge in [-0.25, -0.2) is 0 Å². The van der Waals surface area contributed by atoms with Crippen molar-refractivity contribution in [3.8, 4) is 11.5 Å². The minimum Gasteiger partial charge on any atom is -0.496 e. The highest BCUT2D eigenvalue weighted by molar-refractivity contribution is 5.94. The molecule has 6 nitrogen and oxygen atoms in total. The van der Waals surface area contributed by atoms with Gasteiger partial charge in [0.05, 0.1) is 19.3 Å². The maximum absolute atomic E-state index is 12.9. The van der Waals surface area contributed by atoms with E-state index in [-0.39, 0.29) is 11.9 Å². The van der Waals surface area contributed by atoms with E-state index < -0.39 is 0 Å². The van der Waals surface area contributed by atoms with Gasteiger partial charge in [0.25, 0.3) is 5.91 Å². The van der Waals surface area contributed by atoms with E-state index in [1.807, 2.05) is 52.9 Å². The maximum Gasteiger partial charge on any atom is 0.251 e. The van der Waals surface area contributed by atoms with Crippen LogP contribution in [-0.2, 0) is 13.7 Å². The Morgan fingerprint density at radius 2 is 1.90 bits per heavy atom. The number of carbonyl (C=O) groups excluding carboxylic acids is 1. The first-order chi connectivity index (χ1) is 14.3. The van der Waals surface area contributed by atoms with Crippen molar-refractivity contribution in [3.05, 3.63) is 76.1 Å². The van der Waals surface area contributed by atoms with E-state index in [2.05, 4.69) is 16.5 Å². The number of benzene rings is 2. The van der Waals surface area contributed by atoms with Gasteiger partial charge in [0.15, 0.2) is 0 Å². The van der Waals surface area contributed by atoms with E-state index in [1.165, 1.54) is 0 Å². The molecule has 0 aliphatic carbocycles. The molecule has 0 spiro atoms. The molecule has 1 heterocycles. The summed E-state index contributed by atoms with van der Waals surface area (Å²) in [6.07, 6.45) is 1.79. The van der Waals surface area contributed by atoms with Crippen LogP contribution in [0.1, 0.15) is 51.3 Å². The van der Waals surface area contributed by atoms with Crippen molar-refractivity contribution in [1.29, 1.82) is 0 Å². The molecule has 0 saturated heterocycles. The minimum atomic E-state index is -0.151. The smallest absolute Gasteiger partial charge is 0.251 e. The molecule has 2 aromatic carbocycles. The first-order valence-corrected chi connectivity index (χ1v) is 9.96. The van der Waals surface area contributed by atoms with Gasteiger partial charge in [-0.15, -0.1) is 0 Å². The predicted octanol–water partition coefficient (Wildman–Crippen LogP) is 4.42. The van der Waals surface area contributed by atoms with E-state index in [4.69, 9.17) is 9.47 Å². The van der Waals surface area contributed by atoms with Gasteiger partial charge in [-0.1, -0.05) is 12.1 Å². The average molecular weight is 408 g/mol. The number of hydrogen-bond acceptors (Lipinski definition) is 4. The average Bonchev–Trinajstić information content (AvgIpc) is 3.07. The molecule has 0 aliphatic heterocycles. The minimum absolute atomic E-state index is 0.150. The Balaban J connectivity index is 1.77. The number of ether oxygens (including phenoxy) is 2. The van der Waals surface area contributed by atoms with Gasteiger partial charge in [-0.3, -0.25) is 9.48 Å². The lowest BCUT2D eigenvalue weighted by Crippen LogP contribution is -2.27. The summed E-state index contributed by atoms with van der Waals surface area (Å²) in [4.78, 5) is 12.9. The fourth-order valence-corrected chi connectivity index (χ4v) is 3.35. The van der Waals surface area contributed by atoms with Gasteiger partial charge in [0, 0.05) is 29.4 Å². The third-order valence-electron chi connectivity index (χ3n) is 5.36. The third kappa shape index (κ3) is 4.64. The molecule has 1 unspecified atom stereocenters. The molecule has 0 fully saturated rings. The molecular formula is C24H29N3O3. The fourth-order valence-electron chi connectivity index (χ4n) is 3.35. The van der Waals surface area contributed by atoms with Crippen LogP contribution in [0.15, 0.2) is 42.6 Å². The quantitative estimate of drug-likeness (QED) is 0.629. The Kier molecular flexibility index (Phi) is 6.45. The van der Waals surface area contributed by atoms with Crippen LogP contribution in [0.3, 0.4) is 0 Å². The second-order valence-corrected chi connectivity index (χ2v) is 7.59. The monoisotopic (exact) mass is 407 g/mol. The maximum atomic E-state index is 12.9. The molecule has 1 atom stereocenters. The van der Waals surface area contributed by atoms with Crippen molar-refractivity contribution in [3.63, 3.8) is 0 Å². The molecule has 0 saturated carbocycles. The summed E-state index contributed by atoms with van der Waals surface area (Å²) in [6.45, 7) is 8.30. The van der Waals surface area contributed by atoms with E-state index in [9.17, 15) is 4.79 Å². The molecule has 3 aromatic rings. The van der Waals surface area contributed by atoms with Gasteiger partial charge in [-0.2, -0.15) is 5.10 Å². The molecular weight excluding hydrogens is 378 g/mol. The van der Waals surface area contributed by atoms with Crippen LogP contribution in [0.5, 0.6) is 11.5 Å². The second-order valence-electron chi connectivity index (χ2n) is 7.59. The van der Waals surface area contributed by atoms with Gasteiger partial charge in [-0.05, 0) is 63.1 Å². The van der Waals surface area contributed by atoms with E-state index >= 15 is 0 Å². The van der Waals surface area contributed by atoms with Crippen LogP contribution in [-0.4, -0.2) is 22.8 Å². The Morgan fingerprint density at radius 3 is 2.57 bits per heavy atom. The zero-order valence-corrected chi connectivity index (χ0v) is 18.4. The first kappa shape index (κ1) is 21.4. The zero-order valence-electron chi connectivity index (χ0n) is 18.4. The number of amides is 1. The lowest BCUT2D eigenvalue weighted by molar-refractivity contribution is 0.0939. The van der Waals surface area contributed by atoms with Crippen molar-refractivity contribution in [2.45, 2.75) is 40.3 Å². The SMILES string of the molecule is COc1ccc(C(=O)NC(C)c2cnn(C)c2C)cc1COc1cc(C)ccc1C. The Labute approximate surface area is 177 Å². The van der Waals surface area contributed by atoms with Crippen molar-refractivity contribution < 1.29 is 14.3 Å². The standard InChI is InChI=1S/C24H29N3O3/c1-15-7-8-16(2)23(11-15)30-14-20-12-19(9-10-22(20)29-6)24(28)26-17(3)21-13-25-27(5)18(21)4/h7-13,17H,14H2,1-6H3,(H,26,28). The summed E-state index contributed by atoms with van der Waals surface area (Å²) >= 11 is 0. The van der Waals surface area contributed by atoms with E-state index in [0.717, 1.165) is 33.7 Å². The highest BCUT2D eigenvalue weighted by Gasteiger charge is 2.17. The number of nitrogens with one attached hydrogen (secondary N) is 1. The van der Waals surface area contributed by atoms with Crippen LogP contribution >= 0.6 is 0 Å². The molecule has 1 aromatic heterocycles. The van der Waals surface area contributed by atoms with Gasteiger partial charge in [0.2, 0.25) is 0 Å². The number of carbonyl (C=O) groups is 1. The first-order valence-electron chi connectivity index (χ1n) is 9.96. The molecule has 30 heavy (non-hydrogen) atoms. The summed E-state index contributed by atoms with van der Waals surface area (Å²) < 4.78 is 13.3. The highest BCUT2D eigenvalue weighted by atomic mass is 16.5. The third-order valence-corrected chi connectivity index (χ3v) is 5.36. The molecule has 0 bridgehead atoms. The summed E-state index contributed by atoms with van der Waals surface area (Å²) in [6, 6.07) is 11.3. The van der Waals surface area contributed by atoms with Crippen molar-refractivity contribution in [2.24, 2.45) is 7.05 Å². The van der Waals surface area contributed by atoms with Crippen molar-refractivity contribution in [2.75, 3.05) is 7.11 Å². The number of nitrogens with zero attached hydrogens (tertiary/aromatic N) is 2. The van der Waals surface area contributed by atoms with Crippen LogP contribution in [0.2, 0.25) is 0 Å². The largest absolute Gasteiger partial charge is 0.496 e. The molecule has 0 aliphatic rings. The molecule has 1 amide bonds. The van der Waals surface area contributed by atoms with Gasteiger partial charge in [0.1, 0.15) is 18.1 Å². The molecule has 6 heteroatoms. The van der Waals surface area contributed by atoms with Gasteiger partial charge >= 0.3 is 0 Å². The number of rotatable bonds is 7. The fraction of sp³-hybridized carbons (Fsp3) is 0.333. The highest BCUT2D eigenvalue weighted by Crippen LogP contribution is 2.25. The molecule has 0 radical (unpaired) electrons. The summed E-state index contributed by atoms with van der Waals surface area (Å²) in [5, 5.41) is 7.30. The lowest BCUT2D eigenvalue weighted by Gasteiger charge is -2.16. The van der Waals surface area contributed by atoms with E-state index in [0.29, 0.717) is 17.9 Å². The molecule has 158 valence electrons. The number of hydrogen-bond donors (Lipinski definition) is 1. The van der Waals surface area contributed by atoms with Crippen LogP contribution in [0.25, 0.3) is 0 Å². The summed E-state index contributed by atoms with van der Waals surface area (Å²) in [7, 11) is 3.50. The Hall–Kier alpha value is -3.28. The zero-order chi connectivity index (χ0) is 21.8. The predicted molar refractivity (Wildman–Crippen MR) is 117 cm³/mol. The second kappa shape index (κ2) is 9.03. The lowest BCUT2D eigenvalue weighted by atomic mass is 10.1. The summed E-state index contributed by atoms with van der Waals surface area (Å²) in [5.41, 5.74) is 5.60. The van der Waals surface area contributed by atoms with Crippen LogP contribution < -0.4 is 14.8 Å². The van der Waals surface area contributed by atoms with Crippen LogP contribution in [0.4, 0.5) is 0 Å². The Bertz CT molecular complexity index is 1060. The van der Waals surface area contributed by atoms with Gasteiger partial charge < -0.3 is 14.8 Å². The normalized spacial score (nSPS) is 11.8. The topological polar surface area (TPSA) is 65.4 Å². The summed E-state index contributed by atoms with van der Waals surface area (Å²) in [5.74, 6) is 1.36. The number of methoxy groups -OCH3 is 1. The Morgan fingerprint density at radius 1 is 1.13 bits per heavy atom.